The van der Waals surface area contributed by atoms with Gasteiger partial charge >= 0.3 is 0 Å². The summed E-state index contributed by atoms with van der Waals surface area (Å²) >= 11 is 1.58. The summed E-state index contributed by atoms with van der Waals surface area (Å²) in [5.41, 5.74) is 5.86. The fourth-order valence-electron chi connectivity index (χ4n) is 2.39. The van der Waals surface area contributed by atoms with Crippen LogP contribution in [0, 0.1) is 6.92 Å². The first-order valence-electron chi connectivity index (χ1n) is 6.72. The van der Waals surface area contributed by atoms with Gasteiger partial charge in [-0.15, -0.1) is 23.7 Å². The molecule has 4 nitrogen and oxygen atoms in total. The highest BCUT2D eigenvalue weighted by molar-refractivity contribution is 7.13. The molecule has 6 heteroatoms. The summed E-state index contributed by atoms with van der Waals surface area (Å²) < 4.78 is 0. The number of hydrogen-bond donors (Lipinski definition) is 1. The number of hydrogen-bond acceptors (Lipinski definition) is 4. The van der Waals surface area contributed by atoms with Crippen LogP contribution in [0.15, 0.2) is 12.1 Å². The van der Waals surface area contributed by atoms with Crippen molar-refractivity contribution in [1.82, 2.24) is 9.80 Å². The Morgan fingerprint density at radius 3 is 2.35 bits per heavy atom. The molecule has 0 spiro atoms. The number of rotatable bonds is 3. The van der Waals surface area contributed by atoms with E-state index in [1.807, 2.05) is 37.8 Å². The zero-order chi connectivity index (χ0) is 14.0. The maximum atomic E-state index is 12.3. The van der Waals surface area contributed by atoms with Crippen LogP contribution in [0.1, 0.15) is 28.4 Å². The lowest BCUT2D eigenvalue weighted by molar-refractivity contribution is 0.0621. The van der Waals surface area contributed by atoms with Gasteiger partial charge in [0.1, 0.15) is 0 Å². The Hall–Kier alpha value is -0.620. The van der Waals surface area contributed by atoms with Gasteiger partial charge in [0.05, 0.1) is 4.88 Å². The molecule has 0 radical (unpaired) electrons. The first-order valence-corrected chi connectivity index (χ1v) is 7.54. The van der Waals surface area contributed by atoms with E-state index >= 15 is 0 Å². The molecule has 1 aliphatic heterocycles. The van der Waals surface area contributed by atoms with Crippen LogP contribution in [0.4, 0.5) is 0 Å². The SMILES string of the molecule is Cc1ccc(C(=O)N2CCN(CC(C)(C)N)CC2)s1.Cl. The molecule has 2 heterocycles. The minimum absolute atomic E-state index is 0. The largest absolute Gasteiger partial charge is 0.335 e. The highest BCUT2D eigenvalue weighted by atomic mass is 35.5. The van der Waals surface area contributed by atoms with Crippen LogP contribution in [0.3, 0.4) is 0 Å². The van der Waals surface area contributed by atoms with Crippen molar-refractivity contribution >= 4 is 29.7 Å². The predicted octanol–water partition coefficient (Wildman–Crippen LogP) is 1.97. The molecule has 1 fully saturated rings. The van der Waals surface area contributed by atoms with Crippen molar-refractivity contribution in [2.45, 2.75) is 26.3 Å². The maximum absolute atomic E-state index is 12.3. The fourth-order valence-corrected chi connectivity index (χ4v) is 3.23. The third-order valence-electron chi connectivity index (χ3n) is 3.24. The highest BCUT2D eigenvalue weighted by Crippen LogP contribution is 2.18. The van der Waals surface area contributed by atoms with Crippen molar-refractivity contribution in [3.8, 4) is 0 Å². The van der Waals surface area contributed by atoms with E-state index in [0.717, 1.165) is 37.6 Å². The Morgan fingerprint density at radius 2 is 1.90 bits per heavy atom. The molecule has 1 aromatic heterocycles. The first-order chi connectivity index (χ1) is 8.85. The number of nitrogens with two attached hydrogens (primary N) is 1. The van der Waals surface area contributed by atoms with Crippen LogP contribution in [0.2, 0.25) is 0 Å². The van der Waals surface area contributed by atoms with E-state index in [1.165, 1.54) is 4.88 Å². The Kier molecular flexibility index (Phi) is 6.01. The molecule has 1 aromatic rings. The number of aryl methyl sites for hydroxylation is 1. The van der Waals surface area contributed by atoms with E-state index in [1.54, 1.807) is 11.3 Å². The van der Waals surface area contributed by atoms with Gasteiger partial charge in [-0.25, -0.2) is 0 Å². The molecular formula is C14H24ClN3OS. The second-order valence-electron chi connectivity index (χ2n) is 5.97. The monoisotopic (exact) mass is 317 g/mol. The van der Waals surface area contributed by atoms with Crippen LogP contribution >= 0.6 is 23.7 Å². The third-order valence-corrected chi connectivity index (χ3v) is 4.23. The standard InChI is InChI=1S/C14H23N3OS.ClH/c1-11-4-5-12(19-11)13(18)17-8-6-16(7-9-17)10-14(2,3)15;/h4-5H,6-10,15H2,1-3H3;1H. The molecule has 0 aliphatic carbocycles. The highest BCUT2D eigenvalue weighted by Gasteiger charge is 2.25. The number of amides is 1. The lowest BCUT2D eigenvalue weighted by atomic mass is 10.1. The number of halogens is 1. The van der Waals surface area contributed by atoms with Gasteiger partial charge in [-0.3, -0.25) is 9.69 Å². The Bertz CT molecular complexity index is 448. The Balaban J connectivity index is 0.00000200. The minimum atomic E-state index is -0.170. The molecule has 1 amide bonds. The van der Waals surface area contributed by atoms with Crippen molar-refractivity contribution in [2.24, 2.45) is 5.73 Å². The van der Waals surface area contributed by atoms with Crippen molar-refractivity contribution < 1.29 is 4.79 Å². The van der Waals surface area contributed by atoms with Crippen LogP contribution in [0.25, 0.3) is 0 Å². The van der Waals surface area contributed by atoms with E-state index in [9.17, 15) is 4.79 Å². The fraction of sp³-hybridized carbons (Fsp3) is 0.643. The van der Waals surface area contributed by atoms with Gasteiger partial charge in [0.2, 0.25) is 0 Å². The van der Waals surface area contributed by atoms with Crippen LogP contribution in [-0.4, -0.2) is 54.0 Å². The van der Waals surface area contributed by atoms with E-state index in [4.69, 9.17) is 5.73 Å². The summed E-state index contributed by atoms with van der Waals surface area (Å²) in [5, 5.41) is 0. The zero-order valence-electron chi connectivity index (χ0n) is 12.4. The van der Waals surface area contributed by atoms with Crippen molar-refractivity contribution in [3.05, 3.63) is 21.9 Å². The summed E-state index contributed by atoms with van der Waals surface area (Å²) in [5.74, 6) is 0.171. The van der Waals surface area contributed by atoms with Gasteiger partial charge in [0, 0.05) is 43.1 Å². The van der Waals surface area contributed by atoms with Crippen LogP contribution in [-0.2, 0) is 0 Å². The average molecular weight is 318 g/mol. The molecular weight excluding hydrogens is 294 g/mol. The van der Waals surface area contributed by atoms with Gasteiger partial charge in [0.15, 0.2) is 0 Å². The van der Waals surface area contributed by atoms with Crippen LogP contribution in [0.5, 0.6) is 0 Å². The van der Waals surface area contributed by atoms with Gasteiger partial charge in [0.25, 0.3) is 5.91 Å². The number of thiophene rings is 1. The quantitative estimate of drug-likeness (QED) is 0.927. The average Bonchev–Trinajstić information content (AvgIpc) is 2.74. The summed E-state index contributed by atoms with van der Waals surface area (Å²) in [4.78, 5) is 18.6. The molecule has 2 rings (SSSR count). The number of piperazine rings is 1. The zero-order valence-corrected chi connectivity index (χ0v) is 14.0. The molecule has 114 valence electrons. The Morgan fingerprint density at radius 1 is 1.30 bits per heavy atom. The summed E-state index contributed by atoms with van der Waals surface area (Å²) in [7, 11) is 0. The third kappa shape index (κ3) is 4.74. The van der Waals surface area contributed by atoms with E-state index in [-0.39, 0.29) is 23.9 Å². The number of carbonyl (C=O) groups is 1. The number of nitrogens with zero attached hydrogens (tertiary/aromatic N) is 2. The van der Waals surface area contributed by atoms with Gasteiger partial charge in [-0.05, 0) is 32.9 Å². The smallest absolute Gasteiger partial charge is 0.264 e. The van der Waals surface area contributed by atoms with Crippen LogP contribution < -0.4 is 5.73 Å². The van der Waals surface area contributed by atoms with Crippen molar-refractivity contribution in [3.63, 3.8) is 0 Å². The molecule has 1 aliphatic rings. The number of carbonyl (C=O) groups excluding carboxylic acids is 1. The molecule has 1 saturated heterocycles. The topological polar surface area (TPSA) is 49.6 Å². The van der Waals surface area contributed by atoms with Gasteiger partial charge in [-0.2, -0.15) is 0 Å². The minimum Gasteiger partial charge on any atom is -0.335 e. The molecule has 2 N–H and O–H groups in total. The van der Waals surface area contributed by atoms with E-state index in [0.29, 0.717) is 0 Å². The lowest BCUT2D eigenvalue weighted by Crippen LogP contribution is -2.54. The van der Waals surface area contributed by atoms with Gasteiger partial charge in [-0.1, -0.05) is 0 Å². The van der Waals surface area contributed by atoms with Gasteiger partial charge < -0.3 is 10.6 Å². The summed E-state index contributed by atoms with van der Waals surface area (Å²) in [6.07, 6.45) is 0. The summed E-state index contributed by atoms with van der Waals surface area (Å²) in [6.45, 7) is 10.4. The van der Waals surface area contributed by atoms with Crippen molar-refractivity contribution in [1.29, 1.82) is 0 Å². The molecule has 20 heavy (non-hydrogen) atoms. The first kappa shape index (κ1) is 17.4. The normalized spacial score (nSPS) is 16.9. The maximum Gasteiger partial charge on any atom is 0.264 e. The molecule has 0 saturated carbocycles. The molecule has 0 aromatic carbocycles. The van der Waals surface area contributed by atoms with E-state index in [2.05, 4.69) is 4.90 Å². The second-order valence-corrected chi connectivity index (χ2v) is 7.26. The second kappa shape index (κ2) is 6.89. The molecule has 0 bridgehead atoms. The summed E-state index contributed by atoms with van der Waals surface area (Å²) in [6, 6.07) is 3.93. The van der Waals surface area contributed by atoms with Crippen molar-refractivity contribution in [2.75, 3.05) is 32.7 Å². The lowest BCUT2D eigenvalue weighted by Gasteiger charge is -2.37. The Labute approximate surface area is 131 Å². The predicted molar refractivity (Wildman–Crippen MR) is 86.9 cm³/mol. The molecule has 0 unspecified atom stereocenters. The van der Waals surface area contributed by atoms with E-state index < -0.39 is 0 Å². The molecule has 0 atom stereocenters.